The standard InChI is InChI=1S/C9H14ClNOS/c1-6(12-2)5-7(11)8-3-4-9(10)13-8/h3-4,6-7H,5,11H2,1-2H3. The molecule has 2 unspecified atom stereocenters. The number of methoxy groups -OCH3 is 1. The Balaban J connectivity index is 2.53. The third-order valence-electron chi connectivity index (χ3n) is 1.95. The number of hydrogen-bond donors (Lipinski definition) is 1. The van der Waals surface area contributed by atoms with Crippen LogP contribution in [0.5, 0.6) is 0 Å². The number of halogens is 1. The minimum Gasteiger partial charge on any atom is -0.382 e. The second-order valence-electron chi connectivity index (χ2n) is 3.03. The zero-order valence-electron chi connectivity index (χ0n) is 7.79. The highest BCUT2D eigenvalue weighted by Crippen LogP contribution is 2.28. The normalized spacial score (nSPS) is 15.7. The molecule has 0 aliphatic rings. The van der Waals surface area contributed by atoms with E-state index in [0.717, 1.165) is 15.6 Å². The molecule has 0 saturated heterocycles. The van der Waals surface area contributed by atoms with Crippen LogP contribution in [-0.2, 0) is 4.74 Å². The van der Waals surface area contributed by atoms with Gasteiger partial charge in [-0.15, -0.1) is 11.3 Å². The van der Waals surface area contributed by atoms with Crippen LogP contribution in [0.15, 0.2) is 12.1 Å². The van der Waals surface area contributed by atoms with Gasteiger partial charge in [-0.05, 0) is 25.5 Å². The second-order valence-corrected chi connectivity index (χ2v) is 4.78. The van der Waals surface area contributed by atoms with Gasteiger partial charge in [0.25, 0.3) is 0 Å². The van der Waals surface area contributed by atoms with Gasteiger partial charge in [-0.2, -0.15) is 0 Å². The van der Waals surface area contributed by atoms with Crippen molar-refractivity contribution in [2.24, 2.45) is 5.73 Å². The van der Waals surface area contributed by atoms with Crippen LogP contribution in [0.4, 0.5) is 0 Å². The zero-order chi connectivity index (χ0) is 9.84. The van der Waals surface area contributed by atoms with Crippen LogP contribution in [0, 0.1) is 0 Å². The maximum atomic E-state index is 5.96. The number of hydrogen-bond acceptors (Lipinski definition) is 3. The average molecular weight is 220 g/mol. The van der Waals surface area contributed by atoms with Gasteiger partial charge in [0, 0.05) is 18.0 Å². The second kappa shape index (κ2) is 4.96. The zero-order valence-corrected chi connectivity index (χ0v) is 9.36. The topological polar surface area (TPSA) is 35.2 Å². The molecule has 0 aliphatic carbocycles. The fraction of sp³-hybridized carbons (Fsp3) is 0.556. The van der Waals surface area contributed by atoms with Crippen LogP contribution in [0.25, 0.3) is 0 Å². The van der Waals surface area contributed by atoms with Crippen molar-refractivity contribution in [3.05, 3.63) is 21.3 Å². The Morgan fingerprint density at radius 2 is 2.31 bits per heavy atom. The fourth-order valence-corrected chi connectivity index (χ4v) is 2.17. The minimum atomic E-state index is 0.0347. The summed E-state index contributed by atoms with van der Waals surface area (Å²) in [7, 11) is 1.69. The molecule has 1 aromatic rings. The van der Waals surface area contributed by atoms with E-state index in [-0.39, 0.29) is 12.1 Å². The Morgan fingerprint density at radius 1 is 1.62 bits per heavy atom. The van der Waals surface area contributed by atoms with Gasteiger partial charge < -0.3 is 10.5 Å². The number of rotatable bonds is 4. The van der Waals surface area contributed by atoms with Crippen LogP contribution in [0.3, 0.4) is 0 Å². The minimum absolute atomic E-state index is 0.0347. The third kappa shape index (κ3) is 3.27. The van der Waals surface area contributed by atoms with E-state index in [2.05, 4.69) is 0 Å². The van der Waals surface area contributed by atoms with Crippen molar-refractivity contribution in [2.75, 3.05) is 7.11 Å². The molecule has 74 valence electrons. The molecule has 13 heavy (non-hydrogen) atoms. The lowest BCUT2D eigenvalue weighted by Crippen LogP contribution is -2.17. The van der Waals surface area contributed by atoms with E-state index in [4.69, 9.17) is 22.1 Å². The molecule has 0 fully saturated rings. The van der Waals surface area contributed by atoms with Gasteiger partial charge in [-0.25, -0.2) is 0 Å². The van der Waals surface area contributed by atoms with E-state index in [9.17, 15) is 0 Å². The molecule has 1 aromatic heterocycles. The molecule has 2 atom stereocenters. The van der Waals surface area contributed by atoms with Crippen LogP contribution in [-0.4, -0.2) is 13.2 Å². The summed E-state index contributed by atoms with van der Waals surface area (Å²) in [6, 6.07) is 3.88. The van der Waals surface area contributed by atoms with E-state index in [1.165, 1.54) is 11.3 Å². The van der Waals surface area contributed by atoms with Crippen molar-refractivity contribution < 1.29 is 4.74 Å². The summed E-state index contributed by atoms with van der Waals surface area (Å²) < 4.78 is 5.93. The van der Waals surface area contributed by atoms with Crippen molar-refractivity contribution in [2.45, 2.75) is 25.5 Å². The summed E-state index contributed by atoms with van der Waals surface area (Å²) in [6.07, 6.45) is 1.02. The quantitative estimate of drug-likeness (QED) is 0.845. The summed E-state index contributed by atoms with van der Waals surface area (Å²) in [5, 5.41) is 0. The van der Waals surface area contributed by atoms with Gasteiger partial charge in [0.2, 0.25) is 0 Å². The molecule has 2 N–H and O–H groups in total. The lowest BCUT2D eigenvalue weighted by molar-refractivity contribution is 0.105. The summed E-state index contributed by atoms with van der Waals surface area (Å²) in [5.41, 5.74) is 5.96. The van der Waals surface area contributed by atoms with Crippen molar-refractivity contribution in [1.82, 2.24) is 0 Å². The molecular weight excluding hydrogens is 206 g/mol. The lowest BCUT2D eigenvalue weighted by Gasteiger charge is -2.14. The molecular formula is C9H14ClNOS. The molecule has 0 spiro atoms. The molecule has 0 aromatic carbocycles. The molecule has 0 saturated carbocycles. The summed E-state index contributed by atoms with van der Waals surface area (Å²) in [4.78, 5) is 1.12. The van der Waals surface area contributed by atoms with Crippen molar-refractivity contribution in [1.29, 1.82) is 0 Å². The lowest BCUT2D eigenvalue weighted by atomic mass is 10.1. The van der Waals surface area contributed by atoms with E-state index in [1.54, 1.807) is 7.11 Å². The SMILES string of the molecule is COC(C)CC(N)c1ccc(Cl)s1. The van der Waals surface area contributed by atoms with Crippen molar-refractivity contribution >= 4 is 22.9 Å². The molecule has 1 heterocycles. The first-order valence-corrected chi connectivity index (χ1v) is 5.36. The molecule has 0 aliphatic heterocycles. The average Bonchev–Trinajstić information content (AvgIpc) is 2.51. The van der Waals surface area contributed by atoms with Gasteiger partial charge >= 0.3 is 0 Å². The predicted octanol–water partition coefficient (Wildman–Crippen LogP) is 2.83. The van der Waals surface area contributed by atoms with Gasteiger partial charge in [-0.1, -0.05) is 11.6 Å². The number of thiophene rings is 1. The molecule has 0 bridgehead atoms. The Bertz CT molecular complexity index is 264. The van der Waals surface area contributed by atoms with E-state index in [1.807, 2.05) is 19.1 Å². The van der Waals surface area contributed by atoms with E-state index < -0.39 is 0 Å². The maximum absolute atomic E-state index is 5.96. The Morgan fingerprint density at radius 3 is 2.77 bits per heavy atom. The first-order chi connectivity index (χ1) is 6.13. The highest BCUT2D eigenvalue weighted by Gasteiger charge is 2.12. The molecule has 2 nitrogen and oxygen atoms in total. The monoisotopic (exact) mass is 219 g/mol. The fourth-order valence-electron chi connectivity index (χ4n) is 1.10. The number of ether oxygens (including phenoxy) is 1. The molecule has 1 rings (SSSR count). The van der Waals surface area contributed by atoms with E-state index >= 15 is 0 Å². The summed E-state index contributed by atoms with van der Waals surface area (Å²) in [6.45, 7) is 2.01. The highest BCUT2D eigenvalue weighted by molar-refractivity contribution is 7.16. The molecule has 0 radical (unpaired) electrons. The Labute approximate surface area is 87.7 Å². The van der Waals surface area contributed by atoms with Crippen LogP contribution in [0.2, 0.25) is 4.34 Å². The van der Waals surface area contributed by atoms with Gasteiger partial charge in [0.15, 0.2) is 0 Å². The molecule has 0 amide bonds. The van der Waals surface area contributed by atoms with Gasteiger partial charge in [0.05, 0.1) is 10.4 Å². The van der Waals surface area contributed by atoms with Crippen LogP contribution in [0.1, 0.15) is 24.3 Å². The number of nitrogens with two attached hydrogens (primary N) is 1. The van der Waals surface area contributed by atoms with Gasteiger partial charge in [-0.3, -0.25) is 0 Å². The summed E-state index contributed by atoms with van der Waals surface area (Å²) in [5.74, 6) is 0. The van der Waals surface area contributed by atoms with Crippen LogP contribution >= 0.6 is 22.9 Å². The first kappa shape index (κ1) is 11.0. The van der Waals surface area contributed by atoms with Gasteiger partial charge in [0.1, 0.15) is 0 Å². The van der Waals surface area contributed by atoms with E-state index in [0.29, 0.717) is 0 Å². The van der Waals surface area contributed by atoms with Crippen LogP contribution < -0.4 is 5.73 Å². The molecule has 4 heteroatoms. The Hall–Kier alpha value is -0.0900. The smallest absolute Gasteiger partial charge is 0.0931 e. The summed E-state index contributed by atoms with van der Waals surface area (Å²) >= 11 is 7.34. The third-order valence-corrected chi connectivity index (χ3v) is 3.31. The van der Waals surface area contributed by atoms with Crippen molar-refractivity contribution in [3.8, 4) is 0 Å². The highest BCUT2D eigenvalue weighted by atomic mass is 35.5. The van der Waals surface area contributed by atoms with Crippen molar-refractivity contribution in [3.63, 3.8) is 0 Å². The Kier molecular flexibility index (Phi) is 4.19. The maximum Gasteiger partial charge on any atom is 0.0931 e. The predicted molar refractivity (Wildman–Crippen MR) is 57.3 cm³/mol. The first-order valence-electron chi connectivity index (χ1n) is 4.17. The largest absolute Gasteiger partial charge is 0.382 e.